The SMILES string of the molecule is CCN(CC)CCN(CC(=O)N1CCCN(c2ccc(-c3ccc(F)cc3)nn2)CC1)C(=O)c1cccs1. The highest BCUT2D eigenvalue weighted by molar-refractivity contribution is 7.12. The highest BCUT2D eigenvalue weighted by Crippen LogP contribution is 2.20. The van der Waals surface area contributed by atoms with Gasteiger partial charge in [-0.2, -0.15) is 0 Å². The van der Waals surface area contributed by atoms with Crippen molar-refractivity contribution in [3.05, 3.63) is 64.6 Å². The highest BCUT2D eigenvalue weighted by Gasteiger charge is 2.25. The van der Waals surface area contributed by atoms with Crippen LogP contribution < -0.4 is 4.90 Å². The molecule has 0 atom stereocenters. The summed E-state index contributed by atoms with van der Waals surface area (Å²) in [5, 5.41) is 10.6. The Kier molecular flexibility index (Phi) is 9.78. The van der Waals surface area contributed by atoms with Crippen LogP contribution in [0, 0.1) is 5.82 Å². The summed E-state index contributed by atoms with van der Waals surface area (Å²) >= 11 is 1.40. The van der Waals surface area contributed by atoms with Gasteiger partial charge >= 0.3 is 0 Å². The van der Waals surface area contributed by atoms with Crippen molar-refractivity contribution in [1.82, 2.24) is 24.9 Å². The number of rotatable bonds is 10. The molecule has 3 heterocycles. The van der Waals surface area contributed by atoms with Crippen LogP contribution in [0.2, 0.25) is 0 Å². The number of thiophene rings is 1. The first-order chi connectivity index (χ1) is 18.5. The summed E-state index contributed by atoms with van der Waals surface area (Å²) in [7, 11) is 0. The van der Waals surface area contributed by atoms with E-state index in [4.69, 9.17) is 0 Å². The normalized spacial score (nSPS) is 14.0. The summed E-state index contributed by atoms with van der Waals surface area (Å²) in [6.07, 6.45) is 0.797. The van der Waals surface area contributed by atoms with Gasteiger partial charge in [-0.1, -0.05) is 19.9 Å². The Balaban J connectivity index is 1.37. The van der Waals surface area contributed by atoms with E-state index >= 15 is 0 Å². The first kappa shape index (κ1) is 27.7. The van der Waals surface area contributed by atoms with Crippen LogP contribution in [0.1, 0.15) is 29.9 Å². The van der Waals surface area contributed by atoms with Crippen molar-refractivity contribution < 1.29 is 14.0 Å². The molecule has 38 heavy (non-hydrogen) atoms. The molecule has 0 radical (unpaired) electrons. The molecule has 0 aliphatic carbocycles. The lowest BCUT2D eigenvalue weighted by atomic mass is 10.1. The molecule has 1 aliphatic rings. The van der Waals surface area contributed by atoms with Crippen molar-refractivity contribution in [2.75, 3.05) is 63.8 Å². The second-order valence-corrected chi connectivity index (χ2v) is 10.2. The van der Waals surface area contributed by atoms with Crippen LogP contribution in [0.3, 0.4) is 0 Å². The minimum absolute atomic E-state index is 0.0333. The topological polar surface area (TPSA) is 72.9 Å². The number of hydrogen-bond acceptors (Lipinski definition) is 7. The van der Waals surface area contributed by atoms with Crippen LogP contribution >= 0.6 is 11.3 Å². The summed E-state index contributed by atoms with van der Waals surface area (Å²) < 4.78 is 13.2. The molecule has 2 amide bonds. The van der Waals surface area contributed by atoms with E-state index < -0.39 is 0 Å². The predicted octanol–water partition coefficient (Wildman–Crippen LogP) is 3.87. The van der Waals surface area contributed by atoms with E-state index in [9.17, 15) is 14.0 Å². The molecule has 0 spiro atoms. The molecule has 3 aromatic rings. The minimum atomic E-state index is -0.287. The molecular formula is C28H35FN6O2S. The Morgan fingerprint density at radius 2 is 1.74 bits per heavy atom. The summed E-state index contributed by atoms with van der Waals surface area (Å²) in [4.78, 5) is 35.1. The second kappa shape index (κ2) is 13.4. The average Bonchev–Trinajstić information content (AvgIpc) is 3.37. The van der Waals surface area contributed by atoms with Gasteiger partial charge in [0.25, 0.3) is 5.91 Å². The molecular weight excluding hydrogens is 503 g/mol. The molecule has 1 aliphatic heterocycles. The fraction of sp³-hybridized carbons (Fsp3) is 0.429. The number of amides is 2. The zero-order valence-electron chi connectivity index (χ0n) is 22.1. The first-order valence-corrected chi connectivity index (χ1v) is 14.0. The number of likely N-dealkylation sites (N-methyl/N-ethyl adjacent to an activating group) is 1. The van der Waals surface area contributed by atoms with Gasteiger partial charge in [0.05, 0.1) is 10.6 Å². The average molecular weight is 539 g/mol. The third kappa shape index (κ3) is 7.14. The first-order valence-electron chi connectivity index (χ1n) is 13.2. The van der Waals surface area contributed by atoms with Gasteiger partial charge in [0.2, 0.25) is 5.91 Å². The van der Waals surface area contributed by atoms with E-state index in [1.54, 1.807) is 17.0 Å². The standard InChI is InChI=1S/C28H35FN6O2S/c1-3-32(4-2)16-17-35(28(37)25-7-5-20-38-25)21-27(36)34-15-6-14-33(18-19-34)26-13-12-24(30-31-26)22-8-10-23(29)11-9-22/h5,7-13,20H,3-4,6,14-19,21H2,1-2H3. The number of carbonyl (C=O) groups excluding carboxylic acids is 2. The third-order valence-electron chi connectivity index (χ3n) is 6.89. The number of carbonyl (C=O) groups is 2. The van der Waals surface area contributed by atoms with E-state index in [2.05, 4.69) is 33.8 Å². The molecule has 0 N–H and O–H groups in total. The quantitative estimate of drug-likeness (QED) is 0.390. The fourth-order valence-corrected chi connectivity index (χ4v) is 5.23. The zero-order chi connectivity index (χ0) is 26.9. The van der Waals surface area contributed by atoms with E-state index in [1.165, 1.54) is 23.5 Å². The monoisotopic (exact) mass is 538 g/mol. The molecule has 4 rings (SSSR count). The second-order valence-electron chi connectivity index (χ2n) is 9.24. The molecule has 202 valence electrons. The number of nitrogens with zero attached hydrogens (tertiary/aromatic N) is 6. The van der Waals surface area contributed by atoms with E-state index in [0.717, 1.165) is 44.0 Å². The maximum Gasteiger partial charge on any atom is 0.264 e. The molecule has 1 fully saturated rings. The maximum absolute atomic E-state index is 13.3. The molecule has 2 aromatic heterocycles. The third-order valence-corrected chi connectivity index (χ3v) is 7.75. The summed E-state index contributed by atoms with van der Waals surface area (Å²) in [5.74, 6) is 0.339. The van der Waals surface area contributed by atoms with Gasteiger partial charge in [-0.05, 0) is 67.4 Å². The zero-order valence-corrected chi connectivity index (χ0v) is 22.9. The van der Waals surface area contributed by atoms with Crippen molar-refractivity contribution in [2.45, 2.75) is 20.3 Å². The maximum atomic E-state index is 13.3. The highest BCUT2D eigenvalue weighted by atomic mass is 32.1. The van der Waals surface area contributed by atoms with E-state index in [-0.39, 0.29) is 24.2 Å². The lowest BCUT2D eigenvalue weighted by Crippen LogP contribution is -2.46. The minimum Gasteiger partial charge on any atom is -0.353 e. The number of anilines is 1. The Labute approximate surface area is 227 Å². The van der Waals surface area contributed by atoms with E-state index in [0.29, 0.717) is 36.8 Å². The van der Waals surface area contributed by atoms with E-state index in [1.807, 2.05) is 34.5 Å². The summed E-state index contributed by atoms with van der Waals surface area (Å²) in [6.45, 7) is 9.91. The molecule has 0 unspecified atom stereocenters. The van der Waals surface area contributed by atoms with Crippen LogP contribution in [-0.2, 0) is 4.79 Å². The van der Waals surface area contributed by atoms with Crippen molar-refractivity contribution in [3.8, 4) is 11.3 Å². The lowest BCUT2D eigenvalue weighted by Gasteiger charge is -2.28. The largest absolute Gasteiger partial charge is 0.353 e. The van der Waals surface area contributed by atoms with Gasteiger partial charge < -0.3 is 19.6 Å². The summed E-state index contributed by atoms with van der Waals surface area (Å²) in [6, 6.07) is 13.7. The molecule has 1 saturated heterocycles. The predicted molar refractivity (Wildman–Crippen MR) is 149 cm³/mol. The molecule has 1 aromatic carbocycles. The summed E-state index contributed by atoms with van der Waals surface area (Å²) in [5.41, 5.74) is 1.49. The molecule has 0 bridgehead atoms. The van der Waals surface area contributed by atoms with Crippen molar-refractivity contribution in [3.63, 3.8) is 0 Å². The Morgan fingerprint density at radius 1 is 0.947 bits per heavy atom. The number of aromatic nitrogens is 2. The van der Waals surface area contributed by atoms with Gasteiger partial charge in [0.1, 0.15) is 12.4 Å². The lowest BCUT2D eigenvalue weighted by molar-refractivity contribution is -0.131. The van der Waals surface area contributed by atoms with Crippen molar-refractivity contribution in [2.24, 2.45) is 0 Å². The number of benzene rings is 1. The number of hydrogen-bond donors (Lipinski definition) is 0. The van der Waals surface area contributed by atoms with Crippen LogP contribution in [0.25, 0.3) is 11.3 Å². The molecule has 0 saturated carbocycles. The van der Waals surface area contributed by atoms with Crippen LogP contribution in [0.4, 0.5) is 10.2 Å². The molecule has 8 nitrogen and oxygen atoms in total. The van der Waals surface area contributed by atoms with Crippen LogP contribution in [0.15, 0.2) is 53.9 Å². The van der Waals surface area contributed by atoms with Gasteiger partial charge in [-0.15, -0.1) is 21.5 Å². The van der Waals surface area contributed by atoms with Gasteiger partial charge in [-0.25, -0.2) is 4.39 Å². The van der Waals surface area contributed by atoms with Crippen LogP contribution in [0.5, 0.6) is 0 Å². The molecule has 10 heteroatoms. The van der Waals surface area contributed by atoms with Gasteiger partial charge in [0, 0.05) is 44.8 Å². The van der Waals surface area contributed by atoms with Gasteiger partial charge in [-0.3, -0.25) is 9.59 Å². The smallest absolute Gasteiger partial charge is 0.264 e. The van der Waals surface area contributed by atoms with Gasteiger partial charge in [0.15, 0.2) is 5.82 Å². The van der Waals surface area contributed by atoms with Crippen LogP contribution in [-0.4, -0.2) is 95.6 Å². The van der Waals surface area contributed by atoms with Crippen molar-refractivity contribution >= 4 is 29.0 Å². The number of halogens is 1. The Bertz CT molecular complexity index is 1170. The van der Waals surface area contributed by atoms with Crippen molar-refractivity contribution in [1.29, 1.82) is 0 Å². The Morgan fingerprint density at radius 3 is 2.39 bits per heavy atom. The Hall–Kier alpha value is -3.37. The fourth-order valence-electron chi connectivity index (χ4n) is 4.54.